The van der Waals surface area contributed by atoms with E-state index < -0.39 is 0 Å². The lowest BCUT2D eigenvalue weighted by atomic mass is 10.1. The number of hydrogen-bond acceptors (Lipinski definition) is 3. The van der Waals surface area contributed by atoms with Gasteiger partial charge in [-0.15, -0.1) is 0 Å². The largest absolute Gasteiger partial charge is 0.384 e. The summed E-state index contributed by atoms with van der Waals surface area (Å²) in [6.07, 6.45) is 3.00. The van der Waals surface area contributed by atoms with Crippen LogP contribution in [0.25, 0.3) is 0 Å². The van der Waals surface area contributed by atoms with Gasteiger partial charge in [0.2, 0.25) is 5.91 Å². The fourth-order valence-electron chi connectivity index (χ4n) is 2.14. The van der Waals surface area contributed by atoms with Gasteiger partial charge in [-0.2, -0.15) is 0 Å². The zero-order valence-electron chi connectivity index (χ0n) is 10.7. The molecule has 0 saturated carbocycles. The monoisotopic (exact) mass is 228 g/mol. The highest BCUT2D eigenvalue weighted by Gasteiger charge is 2.19. The Morgan fingerprint density at radius 1 is 1.62 bits per heavy atom. The van der Waals surface area contributed by atoms with E-state index in [4.69, 9.17) is 4.74 Å². The van der Waals surface area contributed by atoms with Crippen molar-refractivity contribution in [1.82, 2.24) is 10.2 Å². The van der Waals surface area contributed by atoms with E-state index >= 15 is 0 Å². The van der Waals surface area contributed by atoms with Gasteiger partial charge in [-0.05, 0) is 25.3 Å². The van der Waals surface area contributed by atoms with Gasteiger partial charge in [0.05, 0.1) is 0 Å². The molecule has 0 aliphatic carbocycles. The molecule has 0 radical (unpaired) electrons. The molecule has 94 valence electrons. The summed E-state index contributed by atoms with van der Waals surface area (Å²) in [5.74, 6) is 0.523. The second kappa shape index (κ2) is 6.86. The molecule has 0 aromatic rings. The molecule has 2 unspecified atom stereocenters. The van der Waals surface area contributed by atoms with E-state index in [9.17, 15) is 4.79 Å². The SMILES string of the molecule is COCC(C)CC(=O)N(C)CC1CCCN1. The number of amides is 1. The molecular formula is C12H24N2O2. The van der Waals surface area contributed by atoms with Crippen molar-refractivity contribution < 1.29 is 9.53 Å². The van der Waals surface area contributed by atoms with E-state index in [1.54, 1.807) is 7.11 Å². The molecule has 0 spiro atoms. The van der Waals surface area contributed by atoms with Crippen molar-refractivity contribution in [3.8, 4) is 0 Å². The minimum Gasteiger partial charge on any atom is -0.384 e. The highest BCUT2D eigenvalue weighted by molar-refractivity contribution is 5.76. The van der Waals surface area contributed by atoms with Crippen LogP contribution in [0.4, 0.5) is 0 Å². The van der Waals surface area contributed by atoms with Gasteiger partial charge in [0, 0.05) is 39.8 Å². The molecule has 1 rings (SSSR count). The molecule has 16 heavy (non-hydrogen) atoms. The molecule has 0 aromatic carbocycles. The number of methoxy groups -OCH3 is 1. The summed E-state index contributed by atoms with van der Waals surface area (Å²) in [5.41, 5.74) is 0. The third kappa shape index (κ3) is 4.49. The van der Waals surface area contributed by atoms with Crippen LogP contribution in [0.15, 0.2) is 0 Å². The molecule has 4 heteroatoms. The number of nitrogens with zero attached hydrogens (tertiary/aromatic N) is 1. The smallest absolute Gasteiger partial charge is 0.222 e. The maximum Gasteiger partial charge on any atom is 0.222 e. The molecule has 4 nitrogen and oxygen atoms in total. The van der Waals surface area contributed by atoms with E-state index in [1.165, 1.54) is 12.8 Å². The van der Waals surface area contributed by atoms with Crippen LogP contribution in [0, 0.1) is 5.92 Å². The van der Waals surface area contributed by atoms with Gasteiger partial charge >= 0.3 is 0 Å². The van der Waals surface area contributed by atoms with Gasteiger partial charge in [0.25, 0.3) is 0 Å². The number of ether oxygens (including phenoxy) is 1. The lowest BCUT2D eigenvalue weighted by molar-refractivity contribution is -0.131. The maximum atomic E-state index is 11.9. The standard InChI is InChI=1S/C12H24N2O2/c1-10(9-16-3)7-12(15)14(2)8-11-5-4-6-13-11/h10-11,13H,4-9H2,1-3H3. The van der Waals surface area contributed by atoms with Gasteiger partial charge in [-0.1, -0.05) is 6.92 Å². The van der Waals surface area contributed by atoms with E-state index in [0.717, 1.165) is 13.1 Å². The average molecular weight is 228 g/mol. The van der Waals surface area contributed by atoms with E-state index in [2.05, 4.69) is 5.32 Å². The molecular weight excluding hydrogens is 204 g/mol. The molecule has 1 amide bonds. The van der Waals surface area contributed by atoms with Crippen LogP contribution < -0.4 is 5.32 Å². The van der Waals surface area contributed by atoms with Crippen LogP contribution in [0.5, 0.6) is 0 Å². The van der Waals surface area contributed by atoms with Crippen molar-refractivity contribution >= 4 is 5.91 Å². The Bertz CT molecular complexity index is 215. The first-order valence-corrected chi connectivity index (χ1v) is 6.09. The van der Waals surface area contributed by atoms with Crippen LogP contribution in [0.2, 0.25) is 0 Å². The van der Waals surface area contributed by atoms with E-state index in [-0.39, 0.29) is 5.91 Å². The summed E-state index contributed by atoms with van der Waals surface area (Å²) < 4.78 is 5.03. The van der Waals surface area contributed by atoms with Crippen molar-refractivity contribution in [1.29, 1.82) is 0 Å². The van der Waals surface area contributed by atoms with Crippen LogP contribution in [-0.2, 0) is 9.53 Å². The molecule has 1 saturated heterocycles. The summed E-state index contributed by atoms with van der Waals surface area (Å²) in [4.78, 5) is 13.7. The summed E-state index contributed by atoms with van der Waals surface area (Å²) in [5, 5.41) is 3.40. The Morgan fingerprint density at radius 2 is 2.38 bits per heavy atom. The normalized spacial score (nSPS) is 22.1. The van der Waals surface area contributed by atoms with Crippen molar-refractivity contribution in [2.24, 2.45) is 5.92 Å². The van der Waals surface area contributed by atoms with Crippen molar-refractivity contribution in [3.63, 3.8) is 0 Å². The molecule has 1 aliphatic heterocycles. The Balaban J connectivity index is 2.23. The number of hydrogen-bond donors (Lipinski definition) is 1. The van der Waals surface area contributed by atoms with Crippen LogP contribution in [0.3, 0.4) is 0 Å². The molecule has 0 aromatic heterocycles. The third-order valence-electron chi connectivity index (χ3n) is 3.06. The van der Waals surface area contributed by atoms with Gasteiger partial charge in [0.1, 0.15) is 0 Å². The van der Waals surface area contributed by atoms with Gasteiger partial charge < -0.3 is 15.0 Å². The number of carbonyl (C=O) groups excluding carboxylic acids is 1. The highest BCUT2D eigenvalue weighted by atomic mass is 16.5. The number of likely N-dealkylation sites (N-methyl/N-ethyl adjacent to an activating group) is 1. The van der Waals surface area contributed by atoms with Crippen LogP contribution >= 0.6 is 0 Å². The first-order chi connectivity index (χ1) is 7.63. The van der Waals surface area contributed by atoms with Crippen LogP contribution in [-0.4, -0.2) is 50.7 Å². The minimum absolute atomic E-state index is 0.221. The molecule has 1 fully saturated rings. The lowest BCUT2D eigenvalue weighted by Crippen LogP contribution is -2.39. The summed E-state index contributed by atoms with van der Waals surface area (Å²) in [7, 11) is 3.56. The number of rotatable bonds is 6. The molecule has 0 bridgehead atoms. The first-order valence-electron chi connectivity index (χ1n) is 6.09. The van der Waals surface area contributed by atoms with Gasteiger partial charge in [-0.25, -0.2) is 0 Å². The first kappa shape index (κ1) is 13.5. The molecule has 1 aliphatic rings. The predicted molar refractivity (Wildman–Crippen MR) is 64.3 cm³/mol. The zero-order chi connectivity index (χ0) is 12.0. The van der Waals surface area contributed by atoms with Gasteiger partial charge in [-0.3, -0.25) is 4.79 Å². The highest BCUT2D eigenvalue weighted by Crippen LogP contribution is 2.09. The summed E-state index contributed by atoms with van der Waals surface area (Å²) in [6.45, 7) is 4.62. The number of carbonyl (C=O) groups is 1. The van der Waals surface area contributed by atoms with Crippen molar-refractivity contribution in [2.45, 2.75) is 32.2 Å². The van der Waals surface area contributed by atoms with Crippen molar-refractivity contribution in [2.75, 3.05) is 33.9 Å². The number of nitrogens with one attached hydrogen (secondary N) is 1. The Morgan fingerprint density at radius 3 is 2.94 bits per heavy atom. The van der Waals surface area contributed by atoms with Gasteiger partial charge in [0.15, 0.2) is 0 Å². The third-order valence-corrected chi connectivity index (χ3v) is 3.06. The molecule has 2 atom stereocenters. The van der Waals surface area contributed by atoms with Crippen molar-refractivity contribution in [3.05, 3.63) is 0 Å². The fraction of sp³-hybridized carbons (Fsp3) is 0.917. The van der Waals surface area contributed by atoms with E-state index in [0.29, 0.717) is 25.0 Å². The predicted octanol–water partition coefficient (Wildman–Crippen LogP) is 0.869. The van der Waals surface area contributed by atoms with E-state index in [1.807, 2.05) is 18.9 Å². The Hall–Kier alpha value is -0.610. The molecule has 1 heterocycles. The second-order valence-electron chi connectivity index (χ2n) is 4.83. The zero-order valence-corrected chi connectivity index (χ0v) is 10.7. The fourth-order valence-corrected chi connectivity index (χ4v) is 2.14. The second-order valence-corrected chi connectivity index (χ2v) is 4.83. The molecule has 1 N–H and O–H groups in total. The lowest BCUT2D eigenvalue weighted by Gasteiger charge is -2.22. The average Bonchev–Trinajstić information content (AvgIpc) is 2.70. The summed E-state index contributed by atoms with van der Waals surface area (Å²) >= 11 is 0. The quantitative estimate of drug-likeness (QED) is 0.733. The Kier molecular flexibility index (Phi) is 5.77. The maximum absolute atomic E-state index is 11.9. The summed E-state index contributed by atoms with van der Waals surface area (Å²) in [6, 6.07) is 0.492. The Labute approximate surface area is 98.3 Å². The van der Waals surface area contributed by atoms with Crippen LogP contribution in [0.1, 0.15) is 26.2 Å². The topological polar surface area (TPSA) is 41.6 Å². The minimum atomic E-state index is 0.221.